The molecule has 2 heterocycles. The van der Waals surface area contributed by atoms with Crippen LogP contribution in [0.25, 0.3) is 0 Å². The molecule has 2 aliphatic heterocycles. The van der Waals surface area contributed by atoms with Gasteiger partial charge in [-0.1, -0.05) is 36.7 Å². The van der Waals surface area contributed by atoms with Crippen LogP contribution in [-0.4, -0.2) is 55.0 Å². The van der Waals surface area contributed by atoms with Gasteiger partial charge in [-0.3, -0.25) is 9.69 Å². The number of methoxy groups -OCH3 is 1. The maximum Gasteiger partial charge on any atom is 0.239 e. The molecule has 2 aromatic rings. The van der Waals surface area contributed by atoms with Crippen LogP contribution in [0.15, 0.2) is 42.5 Å². The van der Waals surface area contributed by atoms with Crippen LogP contribution in [0.3, 0.4) is 0 Å². The molecule has 0 aromatic heterocycles. The van der Waals surface area contributed by atoms with E-state index in [4.69, 9.17) is 22.1 Å². The Kier molecular flexibility index (Phi) is 6.56. The van der Waals surface area contributed by atoms with Gasteiger partial charge >= 0.3 is 0 Å². The SMILES string of the molecule is CCN1CCc2cc(OC)ccc2C12CCN(C(=O)C(N)Cc1ccc(Cl)cc1)CC2. The van der Waals surface area contributed by atoms with Gasteiger partial charge in [-0.25, -0.2) is 0 Å². The number of benzene rings is 2. The number of nitrogens with zero attached hydrogens (tertiary/aromatic N) is 2. The topological polar surface area (TPSA) is 58.8 Å². The molecule has 1 atom stereocenters. The van der Waals surface area contributed by atoms with Crippen molar-refractivity contribution < 1.29 is 9.53 Å². The van der Waals surface area contributed by atoms with Gasteiger partial charge in [-0.15, -0.1) is 0 Å². The van der Waals surface area contributed by atoms with Crippen LogP contribution >= 0.6 is 11.6 Å². The minimum Gasteiger partial charge on any atom is -0.497 e. The first kappa shape index (κ1) is 22.1. The second kappa shape index (κ2) is 9.19. The van der Waals surface area contributed by atoms with Crippen LogP contribution in [0.1, 0.15) is 36.5 Å². The number of fused-ring (bicyclic) bond motifs is 2. The van der Waals surface area contributed by atoms with Gasteiger partial charge in [-0.2, -0.15) is 0 Å². The minimum absolute atomic E-state index is 0.00827. The maximum atomic E-state index is 13.1. The van der Waals surface area contributed by atoms with Crippen molar-refractivity contribution in [2.24, 2.45) is 5.73 Å². The summed E-state index contributed by atoms with van der Waals surface area (Å²) in [6.45, 7) is 5.75. The smallest absolute Gasteiger partial charge is 0.239 e. The van der Waals surface area contributed by atoms with E-state index in [0.29, 0.717) is 11.4 Å². The van der Waals surface area contributed by atoms with E-state index < -0.39 is 6.04 Å². The van der Waals surface area contributed by atoms with Crippen molar-refractivity contribution in [3.05, 3.63) is 64.2 Å². The number of ether oxygens (including phenoxy) is 1. The predicted octanol–water partition coefficient (Wildman–Crippen LogP) is 3.61. The van der Waals surface area contributed by atoms with Gasteiger partial charge < -0.3 is 15.4 Å². The summed E-state index contributed by atoms with van der Waals surface area (Å²) in [4.78, 5) is 17.6. The standard InChI is InChI=1S/C25H32ClN3O2/c1-3-29-13-10-19-17-21(31-2)8-9-22(19)25(29)11-14-28(15-12-25)24(30)23(27)16-18-4-6-20(26)7-5-18/h4-9,17,23H,3,10-16,27H2,1-2H3. The largest absolute Gasteiger partial charge is 0.497 e. The Balaban J connectivity index is 1.47. The minimum atomic E-state index is -0.527. The first-order valence-electron chi connectivity index (χ1n) is 11.2. The zero-order valence-corrected chi connectivity index (χ0v) is 19.2. The van der Waals surface area contributed by atoms with Crippen molar-refractivity contribution >= 4 is 17.5 Å². The average Bonchev–Trinajstić information content (AvgIpc) is 2.80. The molecular weight excluding hydrogens is 410 g/mol. The summed E-state index contributed by atoms with van der Waals surface area (Å²) in [5, 5.41) is 0.691. The first-order chi connectivity index (χ1) is 15.0. The van der Waals surface area contributed by atoms with E-state index in [0.717, 1.165) is 56.8 Å². The van der Waals surface area contributed by atoms with Crippen LogP contribution in [0.2, 0.25) is 5.02 Å². The van der Waals surface area contributed by atoms with Gasteiger partial charge in [0.25, 0.3) is 0 Å². The highest BCUT2D eigenvalue weighted by atomic mass is 35.5. The normalized spacial score (nSPS) is 19.2. The number of hydrogen-bond acceptors (Lipinski definition) is 4. The molecular formula is C25H32ClN3O2. The number of likely N-dealkylation sites (N-methyl/N-ethyl adjacent to an activating group) is 1. The quantitative estimate of drug-likeness (QED) is 0.769. The summed E-state index contributed by atoms with van der Waals surface area (Å²) in [5.74, 6) is 0.957. The molecule has 0 radical (unpaired) electrons. The van der Waals surface area contributed by atoms with Crippen LogP contribution < -0.4 is 10.5 Å². The number of halogens is 1. The molecule has 0 bridgehead atoms. The zero-order valence-electron chi connectivity index (χ0n) is 18.4. The highest BCUT2D eigenvalue weighted by molar-refractivity contribution is 6.30. The third-order valence-electron chi connectivity index (χ3n) is 7.04. The van der Waals surface area contributed by atoms with E-state index in [2.05, 4.69) is 30.0 Å². The van der Waals surface area contributed by atoms with E-state index in [1.807, 2.05) is 29.2 Å². The molecule has 2 N–H and O–H groups in total. The Morgan fingerprint density at radius 2 is 1.87 bits per heavy atom. The Morgan fingerprint density at radius 1 is 1.16 bits per heavy atom. The van der Waals surface area contributed by atoms with Crippen LogP contribution in [0, 0.1) is 0 Å². The summed E-state index contributed by atoms with van der Waals surface area (Å²) in [7, 11) is 1.72. The van der Waals surface area contributed by atoms with Gasteiger partial charge in [0.2, 0.25) is 5.91 Å². The molecule has 31 heavy (non-hydrogen) atoms. The van der Waals surface area contributed by atoms with Crippen LogP contribution in [0.4, 0.5) is 0 Å². The molecule has 1 fully saturated rings. The predicted molar refractivity (Wildman–Crippen MR) is 125 cm³/mol. The lowest BCUT2D eigenvalue weighted by Gasteiger charge is -2.52. The average molecular weight is 442 g/mol. The number of amides is 1. The molecule has 2 aliphatic rings. The van der Waals surface area contributed by atoms with E-state index in [1.165, 1.54) is 11.1 Å². The fourth-order valence-electron chi connectivity index (χ4n) is 5.34. The number of nitrogens with two attached hydrogens (primary N) is 1. The summed E-state index contributed by atoms with van der Waals surface area (Å²) in [6, 6.07) is 13.5. The Bertz CT molecular complexity index is 923. The molecule has 166 valence electrons. The Labute approximate surface area is 190 Å². The summed E-state index contributed by atoms with van der Waals surface area (Å²) >= 11 is 5.96. The number of carbonyl (C=O) groups excluding carboxylic acids is 1. The Hall–Kier alpha value is -2.08. The fraction of sp³-hybridized carbons (Fsp3) is 0.480. The molecule has 1 spiro atoms. The highest BCUT2D eigenvalue weighted by Crippen LogP contribution is 2.44. The number of likely N-dealkylation sites (tertiary alicyclic amines) is 1. The Morgan fingerprint density at radius 3 is 2.52 bits per heavy atom. The van der Waals surface area contributed by atoms with E-state index >= 15 is 0 Å². The number of carbonyl (C=O) groups is 1. The second-order valence-corrected chi connectivity index (χ2v) is 9.08. The zero-order chi connectivity index (χ0) is 22.0. The third-order valence-corrected chi connectivity index (χ3v) is 7.29. The van der Waals surface area contributed by atoms with Crippen molar-refractivity contribution in [3.63, 3.8) is 0 Å². The van der Waals surface area contributed by atoms with Crippen molar-refractivity contribution in [2.75, 3.05) is 33.3 Å². The van der Waals surface area contributed by atoms with Crippen LogP contribution in [0.5, 0.6) is 5.75 Å². The third kappa shape index (κ3) is 4.32. The van der Waals surface area contributed by atoms with E-state index in [1.54, 1.807) is 7.11 Å². The number of rotatable bonds is 5. The van der Waals surface area contributed by atoms with Crippen molar-refractivity contribution in [3.8, 4) is 5.75 Å². The molecule has 1 amide bonds. The fourth-order valence-corrected chi connectivity index (χ4v) is 5.46. The molecule has 0 aliphatic carbocycles. The first-order valence-corrected chi connectivity index (χ1v) is 11.6. The molecule has 0 saturated carbocycles. The summed E-state index contributed by atoms with van der Waals surface area (Å²) in [6.07, 6.45) is 3.43. The second-order valence-electron chi connectivity index (χ2n) is 8.65. The van der Waals surface area contributed by atoms with Crippen molar-refractivity contribution in [1.82, 2.24) is 9.80 Å². The van der Waals surface area contributed by atoms with Gasteiger partial charge in [0.1, 0.15) is 5.75 Å². The molecule has 1 saturated heterocycles. The van der Waals surface area contributed by atoms with Crippen LogP contribution in [-0.2, 0) is 23.2 Å². The van der Waals surface area contributed by atoms with Gasteiger partial charge in [0, 0.05) is 30.2 Å². The van der Waals surface area contributed by atoms with Crippen molar-refractivity contribution in [2.45, 2.75) is 44.2 Å². The van der Waals surface area contributed by atoms with E-state index in [-0.39, 0.29) is 11.4 Å². The lowest BCUT2D eigenvalue weighted by Crippen LogP contribution is -2.58. The number of hydrogen-bond donors (Lipinski definition) is 1. The van der Waals surface area contributed by atoms with Crippen molar-refractivity contribution in [1.29, 1.82) is 0 Å². The molecule has 1 unspecified atom stereocenters. The van der Waals surface area contributed by atoms with Gasteiger partial charge in [0.05, 0.1) is 13.2 Å². The number of piperidine rings is 1. The van der Waals surface area contributed by atoms with E-state index in [9.17, 15) is 4.79 Å². The van der Waals surface area contributed by atoms with Gasteiger partial charge in [0.15, 0.2) is 0 Å². The lowest BCUT2D eigenvalue weighted by atomic mass is 9.74. The monoisotopic (exact) mass is 441 g/mol. The lowest BCUT2D eigenvalue weighted by molar-refractivity contribution is -0.135. The highest BCUT2D eigenvalue weighted by Gasteiger charge is 2.45. The summed E-state index contributed by atoms with van der Waals surface area (Å²) < 4.78 is 5.45. The van der Waals surface area contributed by atoms with Gasteiger partial charge in [-0.05, 0) is 73.2 Å². The molecule has 2 aromatic carbocycles. The summed E-state index contributed by atoms with van der Waals surface area (Å²) in [5.41, 5.74) is 10.1. The molecule has 6 heteroatoms. The maximum absolute atomic E-state index is 13.1. The molecule has 5 nitrogen and oxygen atoms in total. The molecule has 4 rings (SSSR count).